The molecule has 1 heterocycles. The van der Waals surface area contributed by atoms with Gasteiger partial charge in [0.15, 0.2) is 0 Å². The van der Waals surface area contributed by atoms with E-state index in [-0.39, 0.29) is 0 Å². The average Bonchev–Trinajstić information content (AvgIpc) is 2.70. The largest absolute Gasteiger partial charge is 0.480 e. The highest BCUT2D eigenvalue weighted by atomic mass is 32.1. The molecule has 6 nitrogen and oxygen atoms in total. The Labute approximate surface area is 122 Å². The molecule has 0 aliphatic rings. The van der Waals surface area contributed by atoms with Crippen LogP contribution in [0.5, 0.6) is 0 Å². The van der Waals surface area contributed by atoms with E-state index in [9.17, 15) is 9.59 Å². The third kappa shape index (κ3) is 5.16. The van der Waals surface area contributed by atoms with Gasteiger partial charge in [0.05, 0.1) is 5.01 Å². The van der Waals surface area contributed by atoms with Crippen LogP contribution in [-0.4, -0.2) is 34.7 Å². The Hall–Kier alpha value is -1.63. The maximum atomic E-state index is 11.7. The molecule has 0 spiro atoms. The number of aliphatic carboxylic acids is 1. The van der Waals surface area contributed by atoms with Gasteiger partial charge in [-0.2, -0.15) is 0 Å². The van der Waals surface area contributed by atoms with E-state index >= 15 is 0 Å². The lowest BCUT2D eigenvalue weighted by molar-refractivity contribution is -0.141. The number of carbonyl (C=O) groups is 2. The van der Waals surface area contributed by atoms with E-state index in [0.717, 1.165) is 10.7 Å². The molecule has 0 unspecified atom stereocenters. The maximum Gasteiger partial charge on any atom is 0.326 e. The molecule has 1 rings (SSSR count). The topological polar surface area (TPSA) is 91.3 Å². The molecular formula is C13H21N3O3S. The monoisotopic (exact) mass is 299 g/mol. The van der Waals surface area contributed by atoms with E-state index in [1.807, 2.05) is 12.3 Å². The zero-order chi connectivity index (χ0) is 15.3. The van der Waals surface area contributed by atoms with E-state index in [0.29, 0.717) is 13.0 Å². The first-order valence-electron chi connectivity index (χ1n) is 6.38. The van der Waals surface area contributed by atoms with Crippen molar-refractivity contribution in [2.24, 2.45) is 5.41 Å². The van der Waals surface area contributed by atoms with Crippen molar-refractivity contribution >= 4 is 23.3 Å². The van der Waals surface area contributed by atoms with Gasteiger partial charge in [-0.25, -0.2) is 14.6 Å². The molecule has 20 heavy (non-hydrogen) atoms. The molecule has 0 saturated carbocycles. The highest BCUT2D eigenvalue weighted by Gasteiger charge is 2.32. The van der Waals surface area contributed by atoms with Crippen LogP contribution >= 0.6 is 11.3 Å². The number of aromatic nitrogens is 1. The molecule has 1 aromatic heterocycles. The van der Waals surface area contributed by atoms with Gasteiger partial charge in [0.25, 0.3) is 0 Å². The molecule has 0 radical (unpaired) electrons. The number of nitrogens with zero attached hydrogens (tertiary/aromatic N) is 1. The summed E-state index contributed by atoms with van der Waals surface area (Å²) in [5.41, 5.74) is 0.420. The summed E-state index contributed by atoms with van der Waals surface area (Å²) in [7, 11) is 0. The molecule has 2 amide bonds. The first-order chi connectivity index (χ1) is 9.20. The van der Waals surface area contributed by atoms with Crippen molar-refractivity contribution in [1.82, 2.24) is 15.6 Å². The summed E-state index contributed by atoms with van der Waals surface area (Å²) in [4.78, 5) is 27.1. The van der Waals surface area contributed by atoms with E-state index in [1.165, 1.54) is 0 Å². The number of urea groups is 1. The van der Waals surface area contributed by atoms with Crippen LogP contribution in [0.2, 0.25) is 0 Å². The van der Waals surface area contributed by atoms with Crippen molar-refractivity contribution in [2.75, 3.05) is 6.54 Å². The molecule has 7 heteroatoms. The zero-order valence-electron chi connectivity index (χ0n) is 12.2. The predicted octanol–water partition coefficient (Wildman–Crippen LogP) is 1.79. The van der Waals surface area contributed by atoms with E-state index < -0.39 is 23.5 Å². The number of carboxylic acids is 1. The van der Waals surface area contributed by atoms with Gasteiger partial charge in [-0.1, -0.05) is 20.8 Å². The number of thiazole rings is 1. The molecule has 0 bridgehead atoms. The number of nitrogens with one attached hydrogen (secondary N) is 2. The Kier molecular flexibility index (Phi) is 5.50. The summed E-state index contributed by atoms with van der Waals surface area (Å²) in [5, 5.41) is 17.2. The van der Waals surface area contributed by atoms with Gasteiger partial charge in [-0.05, 0) is 12.3 Å². The lowest BCUT2D eigenvalue weighted by Crippen LogP contribution is -2.52. The number of hydrogen-bond acceptors (Lipinski definition) is 4. The third-order valence-electron chi connectivity index (χ3n) is 2.68. The zero-order valence-corrected chi connectivity index (χ0v) is 13.0. The smallest absolute Gasteiger partial charge is 0.326 e. The average molecular weight is 299 g/mol. The van der Waals surface area contributed by atoms with Crippen molar-refractivity contribution in [3.63, 3.8) is 0 Å². The minimum Gasteiger partial charge on any atom is -0.480 e. The third-order valence-corrected chi connectivity index (χ3v) is 3.71. The molecular weight excluding hydrogens is 278 g/mol. The lowest BCUT2D eigenvalue weighted by Gasteiger charge is -2.27. The number of rotatable bonds is 5. The Morgan fingerprint density at radius 1 is 1.45 bits per heavy atom. The summed E-state index contributed by atoms with van der Waals surface area (Å²) < 4.78 is 0. The predicted molar refractivity (Wildman–Crippen MR) is 78.0 cm³/mol. The Bertz CT molecular complexity index is 479. The van der Waals surface area contributed by atoms with Crippen LogP contribution in [0.25, 0.3) is 0 Å². The van der Waals surface area contributed by atoms with Gasteiger partial charge < -0.3 is 15.7 Å². The molecule has 0 aliphatic carbocycles. The van der Waals surface area contributed by atoms with E-state index in [1.54, 1.807) is 32.1 Å². The second-order valence-corrected chi connectivity index (χ2v) is 6.61. The molecule has 0 aromatic carbocycles. The molecule has 0 fully saturated rings. The molecule has 0 aliphatic heterocycles. The molecule has 0 saturated heterocycles. The fourth-order valence-corrected chi connectivity index (χ4v) is 2.41. The maximum absolute atomic E-state index is 11.7. The van der Waals surface area contributed by atoms with Crippen LogP contribution in [-0.2, 0) is 11.2 Å². The van der Waals surface area contributed by atoms with Crippen LogP contribution in [0.1, 0.15) is 31.5 Å². The summed E-state index contributed by atoms with van der Waals surface area (Å²) in [6.07, 6.45) is 0.638. The van der Waals surface area contributed by atoms with Crippen molar-refractivity contribution in [3.05, 3.63) is 16.1 Å². The Balaban J connectivity index is 2.41. The van der Waals surface area contributed by atoms with Gasteiger partial charge in [0, 0.05) is 24.0 Å². The summed E-state index contributed by atoms with van der Waals surface area (Å²) in [6, 6.07) is -1.40. The van der Waals surface area contributed by atoms with Gasteiger partial charge in [0.2, 0.25) is 0 Å². The number of hydrogen-bond donors (Lipinski definition) is 3. The fourth-order valence-electron chi connectivity index (χ4n) is 1.63. The van der Waals surface area contributed by atoms with E-state index in [2.05, 4.69) is 15.6 Å². The van der Waals surface area contributed by atoms with Crippen LogP contribution in [0.4, 0.5) is 4.79 Å². The summed E-state index contributed by atoms with van der Waals surface area (Å²) in [6.45, 7) is 7.65. The lowest BCUT2D eigenvalue weighted by atomic mass is 9.87. The first kappa shape index (κ1) is 16.4. The SMILES string of the molecule is Cc1csc(CCNC(=O)N[C@@H](C(=O)O)C(C)(C)C)n1. The first-order valence-corrected chi connectivity index (χ1v) is 7.26. The molecule has 112 valence electrons. The van der Waals surface area contributed by atoms with Crippen LogP contribution in [0.3, 0.4) is 0 Å². The Morgan fingerprint density at radius 2 is 2.10 bits per heavy atom. The molecule has 1 atom stereocenters. The normalized spacial score (nSPS) is 12.8. The molecule has 3 N–H and O–H groups in total. The van der Waals surface area contributed by atoms with Crippen LogP contribution < -0.4 is 10.6 Å². The molecule has 1 aromatic rings. The highest BCUT2D eigenvalue weighted by molar-refractivity contribution is 7.09. The number of aryl methyl sites for hydroxylation is 1. The van der Waals surface area contributed by atoms with Gasteiger partial charge in [-0.15, -0.1) is 11.3 Å². The number of carboxylic acid groups (broad SMARTS) is 1. The summed E-state index contributed by atoms with van der Waals surface area (Å²) >= 11 is 1.55. The summed E-state index contributed by atoms with van der Waals surface area (Å²) in [5.74, 6) is -1.04. The van der Waals surface area contributed by atoms with Crippen molar-refractivity contribution < 1.29 is 14.7 Å². The van der Waals surface area contributed by atoms with Crippen molar-refractivity contribution in [3.8, 4) is 0 Å². The van der Waals surface area contributed by atoms with Crippen LogP contribution in [0, 0.1) is 12.3 Å². The standard InChI is InChI=1S/C13H21N3O3S/c1-8-7-20-9(15-8)5-6-14-12(19)16-10(11(17)18)13(2,3)4/h7,10H,5-6H2,1-4H3,(H,17,18)(H2,14,16,19)/t10-/m0/s1. The second kappa shape index (κ2) is 6.69. The van der Waals surface area contributed by atoms with Crippen molar-refractivity contribution in [1.29, 1.82) is 0 Å². The highest BCUT2D eigenvalue weighted by Crippen LogP contribution is 2.19. The van der Waals surface area contributed by atoms with Gasteiger partial charge in [-0.3, -0.25) is 0 Å². The minimum atomic E-state index is -1.04. The number of carbonyl (C=O) groups excluding carboxylic acids is 1. The Morgan fingerprint density at radius 3 is 2.55 bits per heavy atom. The quantitative estimate of drug-likeness (QED) is 0.773. The van der Waals surface area contributed by atoms with E-state index in [4.69, 9.17) is 5.11 Å². The minimum absolute atomic E-state index is 0.426. The second-order valence-electron chi connectivity index (χ2n) is 5.67. The van der Waals surface area contributed by atoms with Gasteiger partial charge in [0.1, 0.15) is 6.04 Å². The van der Waals surface area contributed by atoms with Gasteiger partial charge >= 0.3 is 12.0 Å². The number of amides is 2. The van der Waals surface area contributed by atoms with Crippen LogP contribution in [0.15, 0.2) is 5.38 Å². The fraction of sp³-hybridized carbons (Fsp3) is 0.615. The van der Waals surface area contributed by atoms with Crippen molar-refractivity contribution in [2.45, 2.75) is 40.2 Å².